The van der Waals surface area contributed by atoms with Crippen molar-refractivity contribution in [2.75, 3.05) is 12.7 Å². The first kappa shape index (κ1) is 32.7. The quantitative estimate of drug-likeness (QED) is 0.129. The normalized spacial score (nSPS) is 19.4. The molecule has 3 unspecified atom stereocenters. The van der Waals surface area contributed by atoms with Crippen molar-refractivity contribution < 1.29 is 26.3 Å². The molecular weight excluding hydrogens is 610 g/mol. The number of hydrogen-bond donors (Lipinski definition) is 0. The predicted molar refractivity (Wildman–Crippen MR) is 170 cm³/mol. The first-order valence-electron chi connectivity index (χ1n) is 14.8. The lowest BCUT2D eigenvalue weighted by molar-refractivity contribution is -0.138. The minimum Gasteiger partial charge on any atom is -0.252 e. The fourth-order valence-electron chi connectivity index (χ4n) is 5.86. The highest BCUT2D eigenvalue weighted by atomic mass is 31.2. The molecule has 0 radical (unpaired) electrons. The topological polar surface area (TPSA) is 3.24 Å². The maximum Gasteiger partial charge on any atom is 0.416 e. The minimum absolute atomic E-state index is 0.233. The molecule has 1 fully saturated rings. The van der Waals surface area contributed by atoms with Gasteiger partial charge in [0.2, 0.25) is 0 Å². The third kappa shape index (κ3) is 7.73. The van der Waals surface area contributed by atoms with E-state index in [1.165, 1.54) is 35.4 Å². The second-order valence-corrected chi connectivity index (χ2v) is 15.9. The maximum atomic E-state index is 13.6. The summed E-state index contributed by atoms with van der Waals surface area (Å²) in [5, 5.41) is 1.42. The molecule has 0 bridgehead atoms. The fraction of sp³-hybridized carbons (Fsp3) is 0.314. The molecule has 1 saturated heterocycles. The van der Waals surface area contributed by atoms with Gasteiger partial charge in [-0.15, -0.1) is 0 Å². The lowest BCUT2D eigenvalue weighted by Gasteiger charge is -2.47. The van der Waals surface area contributed by atoms with Crippen LogP contribution in [-0.2, 0) is 12.4 Å². The Morgan fingerprint density at radius 2 is 1.14 bits per heavy atom. The fourth-order valence-corrected chi connectivity index (χ4v) is 13.0. The lowest BCUT2D eigenvalue weighted by Crippen LogP contribution is -2.31. The summed E-state index contributed by atoms with van der Waals surface area (Å²) in [5.74, 6) is 0.323. The van der Waals surface area contributed by atoms with Gasteiger partial charge in [-0.1, -0.05) is 98.3 Å². The van der Waals surface area contributed by atoms with E-state index in [4.69, 9.17) is 0 Å². The summed E-state index contributed by atoms with van der Waals surface area (Å²) >= 11 is 0. The highest BCUT2D eigenvalue weighted by molar-refractivity contribution is 7.79. The van der Waals surface area contributed by atoms with Crippen LogP contribution in [0.15, 0.2) is 109 Å². The molecule has 0 amide bonds. The zero-order chi connectivity index (χ0) is 31.3. The molecule has 0 aliphatic carbocycles. The van der Waals surface area contributed by atoms with Gasteiger partial charge in [0.1, 0.15) is 0 Å². The molecule has 1 aliphatic rings. The molecule has 4 aromatic rings. The third-order valence-corrected chi connectivity index (χ3v) is 14.5. The van der Waals surface area contributed by atoms with E-state index in [2.05, 4.69) is 35.6 Å². The maximum absolute atomic E-state index is 13.6. The minimum atomic E-state index is -4.48. The van der Waals surface area contributed by atoms with Crippen LogP contribution in [-0.4, -0.2) is 17.1 Å². The van der Waals surface area contributed by atoms with Crippen LogP contribution in [0.1, 0.15) is 66.4 Å². The Hall–Kier alpha value is -2.72. The second-order valence-electron chi connectivity index (χ2n) is 11.1. The molecule has 9 heteroatoms. The molecule has 232 valence electrons. The Morgan fingerprint density at radius 1 is 0.659 bits per heavy atom. The van der Waals surface area contributed by atoms with Crippen molar-refractivity contribution in [2.45, 2.75) is 56.5 Å². The molecule has 0 N–H and O–H groups in total. The van der Waals surface area contributed by atoms with E-state index >= 15 is 0 Å². The Bertz CT molecular complexity index is 1400. The summed E-state index contributed by atoms with van der Waals surface area (Å²) < 4.78 is 83.8. The molecule has 4 aromatic carbocycles. The standard InChI is InChI=1S/C35H35F6NP2/c1-2-3-24-42(43-25-28(26-10-6-4-7-11-26)14-23-33(43)27-12-8-5-9-13-27)44(31-19-15-29(16-20-31)34(36,37)38)32-21-17-30(18-22-32)35(39,40)41/h4-13,15-22,28,33H,2-3,14,23-25H2,1H3. The molecule has 0 spiro atoms. The van der Waals surface area contributed by atoms with Crippen molar-refractivity contribution in [2.24, 2.45) is 0 Å². The molecule has 1 aliphatic heterocycles. The largest absolute Gasteiger partial charge is 0.416 e. The number of unbranched alkanes of at least 4 members (excludes halogenated alkanes) is 1. The van der Waals surface area contributed by atoms with Crippen LogP contribution < -0.4 is 10.6 Å². The summed E-state index contributed by atoms with van der Waals surface area (Å²) in [4.78, 5) is 0. The van der Waals surface area contributed by atoms with E-state index in [-0.39, 0.29) is 5.66 Å². The zero-order valence-corrected chi connectivity index (χ0v) is 26.2. The summed E-state index contributed by atoms with van der Waals surface area (Å²) in [7, 11) is -2.30. The van der Waals surface area contributed by atoms with Crippen LogP contribution in [0.5, 0.6) is 0 Å². The molecule has 5 rings (SSSR count). The van der Waals surface area contributed by atoms with Crippen molar-refractivity contribution in [3.05, 3.63) is 131 Å². The first-order chi connectivity index (χ1) is 21.1. The van der Waals surface area contributed by atoms with Gasteiger partial charge in [0.05, 0.1) is 11.1 Å². The second kappa shape index (κ2) is 14.1. The number of halogens is 6. The van der Waals surface area contributed by atoms with Crippen molar-refractivity contribution >= 4 is 26.8 Å². The van der Waals surface area contributed by atoms with Crippen LogP contribution >= 0.6 is 16.1 Å². The van der Waals surface area contributed by atoms with Gasteiger partial charge in [-0.25, -0.2) is 0 Å². The van der Waals surface area contributed by atoms with Gasteiger partial charge >= 0.3 is 12.4 Å². The van der Waals surface area contributed by atoms with E-state index in [0.29, 0.717) is 23.1 Å². The highest BCUT2D eigenvalue weighted by Crippen LogP contribution is 2.68. The van der Waals surface area contributed by atoms with Gasteiger partial charge in [0.15, 0.2) is 0 Å². The first-order valence-corrected chi connectivity index (χ1v) is 17.7. The van der Waals surface area contributed by atoms with E-state index in [9.17, 15) is 26.3 Å². The Balaban J connectivity index is 1.64. The molecule has 0 aromatic heterocycles. The number of hydrogen-bond acceptors (Lipinski definition) is 1. The van der Waals surface area contributed by atoms with Crippen molar-refractivity contribution in [1.82, 2.24) is 4.44 Å². The third-order valence-electron chi connectivity index (χ3n) is 8.13. The molecule has 1 nitrogen and oxygen atoms in total. The molecular formula is C35H35F6NP2. The van der Waals surface area contributed by atoms with Crippen LogP contribution in [0.3, 0.4) is 0 Å². The summed E-state index contributed by atoms with van der Waals surface area (Å²) in [5.41, 5.74) is 1.27. The number of benzene rings is 4. The van der Waals surface area contributed by atoms with Gasteiger partial charge in [-0.2, -0.15) is 26.3 Å². The van der Waals surface area contributed by atoms with E-state index in [0.717, 1.165) is 56.1 Å². The molecule has 44 heavy (non-hydrogen) atoms. The van der Waals surface area contributed by atoms with E-state index < -0.39 is 39.6 Å². The van der Waals surface area contributed by atoms with Gasteiger partial charge < -0.3 is 0 Å². The van der Waals surface area contributed by atoms with Gasteiger partial charge in [-0.3, -0.25) is 4.44 Å². The highest BCUT2D eigenvalue weighted by Gasteiger charge is 2.40. The van der Waals surface area contributed by atoms with Crippen molar-refractivity contribution in [3.63, 3.8) is 0 Å². The molecule has 0 saturated carbocycles. The lowest BCUT2D eigenvalue weighted by atomic mass is 9.93. The average molecular weight is 646 g/mol. The van der Waals surface area contributed by atoms with Crippen LogP contribution in [0.2, 0.25) is 0 Å². The predicted octanol–water partition coefficient (Wildman–Crippen LogP) is 10.9. The average Bonchev–Trinajstić information content (AvgIpc) is 3.03. The Morgan fingerprint density at radius 3 is 1.59 bits per heavy atom. The van der Waals surface area contributed by atoms with Crippen LogP contribution in [0.4, 0.5) is 26.3 Å². The smallest absolute Gasteiger partial charge is 0.252 e. The molecule has 3 atom stereocenters. The van der Waals surface area contributed by atoms with Crippen molar-refractivity contribution in [3.8, 4) is 0 Å². The van der Waals surface area contributed by atoms with Crippen molar-refractivity contribution in [1.29, 1.82) is 0 Å². The number of rotatable bonds is 9. The molecule has 1 heterocycles. The van der Waals surface area contributed by atoms with Gasteiger partial charge in [0, 0.05) is 20.3 Å². The van der Waals surface area contributed by atoms with Crippen LogP contribution in [0.25, 0.3) is 0 Å². The summed E-state index contributed by atoms with van der Waals surface area (Å²) in [6.07, 6.45) is -4.29. The zero-order valence-electron chi connectivity index (χ0n) is 24.4. The Labute approximate surface area is 257 Å². The van der Waals surface area contributed by atoms with E-state index in [1.807, 2.05) is 36.4 Å². The van der Waals surface area contributed by atoms with E-state index in [1.54, 1.807) is 0 Å². The summed E-state index contributed by atoms with van der Waals surface area (Å²) in [6.45, 7) is 2.81. The number of alkyl halides is 6. The summed E-state index contributed by atoms with van der Waals surface area (Å²) in [6, 6.07) is 31.3. The number of nitrogens with zero attached hydrogens (tertiary/aromatic N) is 1. The SMILES string of the molecule is CCCCN(P(c1ccc(C(F)(F)F)cc1)c1ccc(C(F)(F)F)cc1)P1CC(c2ccccc2)CCC1c1ccccc1. The van der Waals surface area contributed by atoms with Crippen LogP contribution in [0, 0.1) is 0 Å². The monoisotopic (exact) mass is 645 g/mol. The van der Waals surface area contributed by atoms with Gasteiger partial charge in [0.25, 0.3) is 0 Å². The van der Waals surface area contributed by atoms with Gasteiger partial charge in [-0.05, 0) is 85.4 Å². The Kier molecular flexibility index (Phi) is 10.5.